The third-order valence-electron chi connectivity index (χ3n) is 5.36. The highest BCUT2D eigenvalue weighted by molar-refractivity contribution is 5.93. The average Bonchev–Trinajstić information content (AvgIpc) is 2.69. The number of hydrogen-bond acceptors (Lipinski definition) is 6. The van der Waals surface area contributed by atoms with Gasteiger partial charge < -0.3 is 15.4 Å². The molecule has 148 valence electrons. The molecule has 1 aromatic carbocycles. The van der Waals surface area contributed by atoms with E-state index >= 15 is 0 Å². The van der Waals surface area contributed by atoms with E-state index < -0.39 is 0 Å². The lowest BCUT2D eigenvalue weighted by Crippen LogP contribution is -2.40. The zero-order valence-corrected chi connectivity index (χ0v) is 16.2. The smallest absolute Gasteiger partial charge is 0.270 e. The third-order valence-corrected chi connectivity index (χ3v) is 5.36. The van der Waals surface area contributed by atoms with Crippen molar-refractivity contribution >= 4 is 11.7 Å². The highest BCUT2D eigenvalue weighted by atomic mass is 16.5. The van der Waals surface area contributed by atoms with Crippen molar-refractivity contribution in [2.45, 2.75) is 38.4 Å². The van der Waals surface area contributed by atoms with E-state index in [1.165, 1.54) is 17.5 Å². The van der Waals surface area contributed by atoms with E-state index in [0.717, 1.165) is 32.5 Å². The summed E-state index contributed by atoms with van der Waals surface area (Å²) in [6, 6.07) is 10.7. The van der Waals surface area contributed by atoms with Crippen molar-refractivity contribution in [2.75, 3.05) is 31.6 Å². The quantitative estimate of drug-likeness (QED) is 0.762. The molecule has 0 saturated carbocycles. The summed E-state index contributed by atoms with van der Waals surface area (Å²) in [5, 5.41) is 6.30. The van der Waals surface area contributed by atoms with Crippen molar-refractivity contribution < 1.29 is 9.53 Å². The summed E-state index contributed by atoms with van der Waals surface area (Å²) in [6.45, 7) is 6.41. The van der Waals surface area contributed by atoms with Gasteiger partial charge in [-0.05, 0) is 30.9 Å². The Balaban J connectivity index is 1.25. The van der Waals surface area contributed by atoms with Crippen LogP contribution in [0.5, 0.6) is 0 Å². The minimum Gasteiger partial charge on any atom is -0.377 e. The second kappa shape index (κ2) is 8.67. The molecule has 0 aliphatic carbocycles. The van der Waals surface area contributed by atoms with Gasteiger partial charge in [-0.2, -0.15) is 0 Å². The third kappa shape index (κ3) is 4.66. The second-order valence-electron chi connectivity index (χ2n) is 7.63. The highest BCUT2D eigenvalue weighted by Gasteiger charge is 2.20. The molecule has 1 amide bonds. The van der Waals surface area contributed by atoms with Crippen LogP contribution >= 0.6 is 0 Å². The van der Waals surface area contributed by atoms with Gasteiger partial charge in [-0.25, -0.2) is 9.97 Å². The summed E-state index contributed by atoms with van der Waals surface area (Å²) in [4.78, 5) is 23.3. The van der Waals surface area contributed by atoms with Crippen molar-refractivity contribution in [1.29, 1.82) is 0 Å². The number of carbonyl (C=O) groups is 1. The van der Waals surface area contributed by atoms with Crippen molar-refractivity contribution in [3.8, 4) is 0 Å². The summed E-state index contributed by atoms with van der Waals surface area (Å²) in [7, 11) is 0. The molecule has 1 unspecified atom stereocenters. The number of nitrogens with one attached hydrogen (secondary N) is 2. The maximum absolute atomic E-state index is 12.5. The Morgan fingerprint density at radius 3 is 2.89 bits per heavy atom. The van der Waals surface area contributed by atoms with E-state index in [4.69, 9.17) is 4.74 Å². The SMILES string of the molecule is CC(CCN1CCc2ccccc2C1)NC(=O)c1cc(NC2COC2)ncn1. The Kier molecular flexibility index (Phi) is 5.83. The number of benzene rings is 1. The van der Waals surface area contributed by atoms with Gasteiger partial charge in [-0.1, -0.05) is 24.3 Å². The van der Waals surface area contributed by atoms with Crippen molar-refractivity contribution in [3.63, 3.8) is 0 Å². The van der Waals surface area contributed by atoms with Crippen molar-refractivity contribution in [2.24, 2.45) is 0 Å². The Morgan fingerprint density at radius 1 is 1.29 bits per heavy atom. The summed E-state index contributed by atoms with van der Waals surface area (Å²) in [6.07, 6.45) is 3.43. The number of ether oxygens (including phenoxy) is 1. The van der Waals surface area contributed by atoms with Crippen LogP contribution in [0.1, 0.15) is 35.0 Å². The van der Waals surface area contributed by atoms with Gasteiger partial charge in [0.05, 0.1) is 19.3 Å². The van der Waals surface area contributed by atoms with Gasteiger partial charge in [0.25, 0.3) is 5.91 Å². The van der Waals surface area contributed by atoms with Gasteiger partial charge in [0.1, 0.15) is 17.8 Å². The molecule has 0 bridgehead atoms. The zero-order chi connectivity index (χ0) is 19.3. The largest absolute Gasteiger partial charge is 0.377 e. The number of fused-ring (bicyclic) bond motifs is 1. The molecule has 1 aromatic heterocycles. The van der Waals surface area contributed by atoms with Crippen LogP contribution in [0.15, 0.2) is 36.7 Å². The van der Waals surface area contributed by atoms with Gasteiger partial charge in [-0.15, -0.1) is 0 Å². The van der Waals surface area contributed by atoms with E-state index in [2.05, 4.69) is 49.8 Å². The molecule has 28 heavy (non-hydrogen) atoms. The number of anilines is 1. The Morgan fingerprint density at radius 2 is 2.11 bits per heavy atom. The van der Waals surface area contributed by atoms with Crippen LogP contribution in [-0.2, 0) is 17.7 Å². The van der Waals surface area contributed by atoms with Crippen LogP contribution in [0.25, 0.3) is 0 Å². The first-order chi connectivity index (χ1) is 13.7. The predicted octanol–water partition coefficient (Wildman–Crippen LogP) is 1.85. The van der Waals surface area contributed by atoms with Gasteiger partial charge in [0.15, 0.2) is 0 Å². The van der Waals surface area contributed by atoms with E-state index in [0.29, 0.717) is 24.7 Å². The lowest BCUT2D eigenvalue weighted by molar-refractivity contribution is 0.0209. The topological polar surface area (TPSA) is 79.4 Å². The van der Waals surface area contributed by atoms with Gasteiger partial charge in [0, 0.05) is 31.7 Å². The van der Waals surface area contributed by atoms with E-state index in [1.54, 1.807) is 6.07 Å². The van der Waals surface area contributed by atoms with Gasteiger partial charge >= 0.3 is 0 Å². The van der Waals surface area contributed by atoms with E-state index in [9.17, 15) is 4.79 Å². The number of amides is 1. The maximum Gasteiger partial charge on any atom is 0.270 e. The molecule has 7 nitrogen and oxygen atoms in total. The fourth-order valence-corrected chi connectivity index (χ4v) is 3.58. The standard InChI is InChI=1S/C21H27N5O2/c1-15(6-8-26-9-7-16-4-2-3-5-17(16)11-26)24-21(27)19-10-20(23-14-22-19)25-18-12-28-13-18/h2-5,10,14-15,18H,6-9,11-13H2,1H3,(H,24,27)(H,22,23,25). The lowest BCUT2D eigenvalue weighted by atomic mass is 9.99. The fraction of sp³-hybridized carbons (Fsp3) is 0.476. The Hall–Kier alpha value is -2.51. The molecule has 1 fully saturated rings. The van der Waals surface area contributed by atoms with Crippen LogP contribution in [0.2, 0.25) is 0 Å². The van der Waals surface area contributed by atoms with Crippen molar-refractivity contribution in [1.82, 2.24) is 20.2 Å². The number of carbonyl (C=O) groups excluding carboxylic acids is 1. The van der Waals surface area contributed by atoms with Crippen LogP contribution in [0.4, 0.5) is 5.82 Å². The van der Waals surface area contributed by atoms with Crippen LogP contribution in [-0.4, -0.2) is 59.2 Å². The van der Waals surface area contributed by atoms with Gasteiger partial charge in [-0.3, -0.25) is 9.69 Å². The number of hydrogen-bond donors (Lipinski definition) is 2. The molecular weight excluding hydrogens is 354 g/mol. The summed E-state index contributed by atoms with van der Waals surface area (Å²) in [5.41, 5.74) is 3.27. The molecular formula is C21H27N5O2. The molecule has 0 spiro atoms. The molecule has 4 rings (SSSR count). The predicted molar refractivity (Wildman–Crippen MR) is 107 cm³/mol. The van der Waals surface area contributed by atoms with Crippen molar-refractivity contribution in [3.05, 3.63) is 53.5 Å². The summed E-state index contributed by atoms with van der Waals surface area (Å²) in [5.74, 6) is 0.500. The van der Waals surface area contributed by atoms with Crippen LogP contribution in [0, 0.1) is 0 Å². The molecule has 2 aromatic rings. The minimum absolute atomic E-state index is 0.0797. The lowest BCUT2D eigenvalue weighted by Gasteiger charge is -2.29. The first-order valence-corrected chi connectivity index (χ1v) is 9.94. The zero-order valence-electron chi connectivity index (χ0n) is 16.2. The first-order valence-electron chi connectivity index (χ1n) is 9.94. The minimum atomic E-state index is -0.160. The molecule has 2 aliphatic rings. The molecule has 1 saturated heterocycles. The molecule has 1 atom stereocenters. The monoisotopic (exact) mass is 381 g/mol. The van der Waals surface area contributed by atoms with Crippen LogP contribution < -0.4 is 10.6 Å². The average molecular weight is 381 g/mol. The van der Waals surface area contributed by atoms with E-state index in [-0.39, 0.29) is 18.0 Å². The molecule has 3 heterocycles. The van der Waals surface area contributed by atoms with Gasteiger partial charge in [0.2, 0.25) is 0 Å². The normalized spacial score (nSPS) is 18.0. The first kappa shape index (κ1) is 18.8. The number of rotatable bonds is 7. The second-order valence-corrected chi connectivity index (χ2v) is 7.63. The number of nitrogens with zero attached hydrogens (tertiary/aromatic N) is 3. The van der Waals surface area contributed by atoms with Crippen LogP contribution in [0.3, 0.4) is 0 Å². The fourth-order valence-electron chi connectivity index (χ4n) is 3.58. The molecule has 7 heteroatoms. The molecule has 2 aliphatic heterocycles. The Bertz CT molecular complexity index is 824. The summed E-state index contributed by atoms with van der Waals surface area (Å²) >= 11 is 0. The molecule has 0 radical (unpaired) electrons. The maximum atomic E-state index is 12.5. The summed E-state index contributed by atoms with van der Waals surface area (Å²) < 4.78 is 5.14. The highest BCUT2D eigenvalue weighted by Crippen LogP contribution is 2.18. The van der Waals surface area contributed by atoms with E-state index in [1.807, 2.05) is 6.92 Å². The number of aromatic nitrogens is 2. The molecule has 2 N–H and O–H groups in total. The Labute approximate surface area is 165 Å².